The van der Waals surface area contributed by atoms with Crippen molar-refractivity contribution in [2.45, 2.75) is 26.3 Å². The van der Waals surface area contributed by atoms with Crippen LogP contribution in [0.3, 0.4) is 0 Å². The van der Waals surface area contributed by atoms with Gasteiger partial charge in [0, 0.05) is 0 Å². The zero-order valence-corrected chi connectivity index (χ0v) is 8.67. The number of halogens is 1. The van der Waals surface area contributed by atoms with Crippen molar-refractivity contribution in [2.75, 3.05) is 7.11 Å². The van der Waals surface area contributed by atoms with E-state index in [0.717, 1.165) is 4.68 Å². The van der Waals surface area contributed by atoms with Crippen molar-refractivity contribution in [3.8, 4) is 0 Å². The number of hydrogen-bond donors (Lipinski definition) is 0. The fraction of sp³-hybridized carbons (Fsp3) is 0.556. The standard InChI is InChI=1S/C9H13FN2O2/c1-9(2,3)12-7(10)6(5-11-12)8(13)14-4/h5H,1-4H3. The van der Waals surface area contributed by atoms with Crippen molar-refractivity contribution < 1.29 is 13.9 Å². The second kappa shape index (κ2) is 3.40. The van der Waals surface area contributed by atoms with Crippen LogP contribution in [0.4, 0.5) is 4.39 Å². The van der Waals surface area contributed by atoms with Gasteiger partial charge in [-0.25, -0.2) is 9.48 Å². The lowest BCUT2D eigenvalue weighted by Gasteiger charge is -2.19. The van der Waals surface area contributed by atoms with E-state index in [1.54, 1.807) is 20.8 Å². The number of nitrogens with zero attached hydrogens (tertiary/aromatic N) is 2. The van der Waals surface area contributed by atoms with Crippen LogP contribution < -0.4 is 0 Å². The zero-order valence-electron chi connectivity index (χ0n) is 8.67. The highest BCUT2D eigenvalue weighted by Crippen LogP contribution is 2.17. The van der Waals surface area contributed by atoms with Gasteiger partial charge in [-0.1, -0.05) is 0 Å². The Kier molecular flexibility index (Phi) is 2.59. The van der Waals surface area contributed by atoms with E-state index in [1.165, 1.54) is 13.3 Å². The molecular weight excluding hydrogens is 187 g/mol. The largest absolute Gasteiger partial charge is 0.465 e. The third-order valence-electron chi connectivity index (χ3n) is 1.75. The Morgan fingerprint density at radius 1 is 1.57 bits per heavy atom. The summed E-state index contributed by atoms with van der Waals surface area (Å²) >= 11 is 0. The van der Waals surface area contributed by atoms with Gasteiger partial charge < -0.3 is 4.74 Å². The second-order valence-electron chi connectivity index (χ2n) is 3.92. The van der Waals surface area contributed by atoms with Crippen LogP contribution in [-0.4, -0.2) is 22.9 Å². The Labute approximate surface area is 81.7 Å². The van der Waals surface area contributed by atoms with Gasteiger partial charge in [-0.15, -0.1) is 0 Å². The molecular formula is C9H13FN2O2. The summed E-state index contributed by atoms with van der Waals surface area (Å²) in [4.78, 5) is 11.1. The predicted molar refractivity (Wildman–Crippen MR) is 48.5 cm³/mol. The van der Waals surface area contributed by atoms with Gasteiger partial charge in [0.2, 0.25) is 5.95 Å². The molecule has 78 valence electrons. The summed E-state index contributed by atoms with van der Waals surface area (Å²) in [6, 6.07) is 0. The average molecular weight is 200 g/mol. The minimum Gasteiger partial charge on any atom is -0.465 e. The lowest BCUT2D eigenvalue weighted by Crippen LogP contribution is -2.25. The number of methoxy groups -OCH3 is 1. The molecule has 1 aromatic rings. The summed E-state index contributed by atoms with van der Waals surface area (Å²) in [7, 11) is 1.20. The smallest absolute Gasteiger partial charge is 0.344 e. The minimum absolute atomic E-state index is 0.137. The molecule has 1 heterocycles. The summed E-state index contributed by atoms with van der Waals surface area (Å²) in [6.07, 6.45) is 1.17. The second-order valence-corrected chi connectivity index (χ2v) is 3.92. The summed E-state index contributed by atoms with van der Waals surface area (Å²) in [5.74, 6) is -1.37. The first-order chi connectivity index (χ1) is 6.38. The van der Waals surface area contributed by atoms with Gasteiger partial charge in [0.25, 0.3) is 0 Å². The van der Waals surface area contributed by atoms with Crippen molar-refractivity contribution >= 4 is 5.97 Å². The molecule has 0 radical (unpaired) electrons. The van der Waals surface area contributed by atoms with Crippen molar-refractivity contribution in [1.29, 1.82) is 0 Å². The van der Waals surface area contributed by atoms with E-state index in [1.807, 2.05) is 0 Å². The summed E-state index contributed by atoms with van der Waals surface area (Å²) in [6.45, 7) is 5.39. The number of esters is 1. The number of aromatic nitrogens is 2. The molecule has 0 aliphatic carbocycles. The first-order valence-electron chi connectivity index (χ1n) is 4.20. The van der Waals surface area contributed by atoms with Crippen molar-refractivity contribution in [3.63, 3.8) is 0 Å². The van der Waals surface area contributed by atoms with Crippen molar-refractivity contribution in [1.82, 2.24) is 9.78 Å². The highest BCUT2D eigenvalue weighted by molar-refractivity contribution is 5.88. The maximum Gasteiger partial charge on any atom is 0.344 e. The maximum atomic E-state index is 13.6. The molecule has 0 aliphatic rings. The SMILES string of the molecule is COC(=O)c1cnn(C(C)(C)C)c1F. The van der Waals surface area contributed by atoms with E-state index in [9.17, 15) is 9.18 Å². The summed E-state index contributed by atoms with van der Waals surface area (Å²) in [5, 5.41) is 3.80. The van der Waals surface area contributed by atoms with Crippen molar-refractivity contribution in [3.05, 3.63) is 17.7 Å². The fourth-order valence-electron chi connectivity index (χ4n) is 1.05. The van der Waals surface area contributed by atoms with Crippen LogP contribution in [0.2, 0.25) is 0 Å². The van der Waals surface area contributed by atoms with E-state index in [2.05, 4.69) is 9.84 Å². The highest BCUT2D eigenvalue weighted by Gasteiger charge is 2.24. The topological polar surface area (TPSA) is 44.1 Å². The van der Waals surface area contributed by atoms with Gasteiger partial charge in [0.05, 0.1) is 18.8 Å². The van der Waals surface area contributed by atoms with E-state index in [4.69, 9.17) is 0 Å². The molecule has 0 spiro atoms. The molecule has 0 amide bonds. The lowest BCUT2D eigenvalue weighted by molar-refractivity contribution is 0.0594. The van der Waals surface area contributed by atoms with E-state index >= 15 is 0 Å². The highest BCUT2D eigenvalue weighted by atomic mass is 19.1. The van der Waals surface area contributed by atoms with E-state index in [-0.39, 0.29) is 5.56 Å². The van der Waals surface area contributed by atoms with Crippen LogP contribution in [0.1, 0.15) is 31.1 Å². The summed E-state index contributed by atoms with van der Waals surface area (Å²) in [5.41, 5.74) is -0.626. The lowest BCUT2D eigenvalue weighted by atomic mass is 10.1. The number of carbonyl (C=O) groups excluding carboxylic acids is 1. The maximum absolute atomic E-state index is 13.6. The summed E-state index contributed by atoms with van der Waals surface area (Å²) < 4.78 is 19.1. The number of hydrogen-bond acceptors (Lipinski definition) is 3. The molecule has 0 unspecified atom stereocenters. The molecule has 1 rings (SSSR count). The van der Waals surface area contributed by atoms with Crippen LogP contribution in [-0.2, 0) is 10.3 Å². The molecule has 0 atom stereocenters. The van der Waals surface area contributed by atoms with E-state index < -0.39 is 17.5 Å². The van der Waals surface area contributed by atoms with Crippen LogP contribution in [0.5, 0.6) is 0 Å². The normalized spacial score (nSPS) is 11.5. The Balaban J connectivity index is 3.15. The molecule has 1 aromatic heterocycles. The third-order valence-corrected chi connectivity index (χ3v) is 1.75. The van der Waals surface area contributed by atoms with Crippen molar-refractivity contribution in [2.24, 2.45) is 0 Å². The molecule has 4 nitrogen and oxygen atoms in total. The monoisotopic (exact) mass is 200 g/mol. The average Bonchev–Trinajstić information content (AvgIpc) is 2.45. The van der Waals surface area contributed by atoms with E-state index in [0.29, 0.717) is 0 Å². The molecule has 0 aromatic carbocycles. The molecule has 0 fully saturated rings. The number of rotatable bonds is 1. The van der Waals surface area contributed by atoms with Crippen LogP contribution in [0.25, 0.3) is 0 Å². The predicted octanol–water partition coefficient (Wildman–Crippen LogP) is 1.56. The Morgan fingerprint density at radius 3 is 2.50 bits per heavy atom. The Morgan fingerprint density at radius 2 is 2.14 bits per heavy atom. The number of ether oxygens (including phenoxy) is 1. The van der Waals surface area contributed by atoms with Crippen LogP contribution in [0.15, 0.2) is 6.20 Å². The Bertz CT molecular complexity index is 352. The van der Waals surface area contributed by atoms with Crippen LogP contribution >= 0.6 is 0 Å². The quantitative estimate of drug-likeness (QED) is 0.646. The van der Waals surface area contributed by atoms with Gasteiger partial charge in [-0.3, -0.25) is 0 Å². The van der Waals surface area contributed by atoms with Gasteiger partial charge >= 0.3 is 5.97 Å². The van der Waals surface area contributed by atoms with Gasteiger partial charge in [0.1, 0.15) is 5.56 Å². The molecule has 0 N–H and O–H groups in total. The zero-order chi connectivity index (χ0) is 10.9. The Hall–Kier alpha value is -1.39. The molecule has 0 bridgehead atoms. The first-order valence-corrected chi connectivity index (χ1v) is 4.20. The molecule has 0 saturated heterocycles. The minimum atomic E-state index is -0.710. The van der Waals surface area contributed by atoms with Gasteiger partial charge in [-0.2, -0.15) is 9.49 Å². The first kappa shape index (κ1) is 10.7. The third kappa shape index (κ3) is 1.76. The van der Waals surface area contributed by atoms with Crippen LogP contribution in [0, 0.1) is 5.95 Å². The molecule has 5 heteroatoms. The van der Waals surface area contributed by atoms with Gasteiger partial charge in [-0.05, 0) is 20.8 Å². The molecule has 0 aliphatic heterocycles. The molecule has 0 saturated carbocycles. The molecule has 14 heavy (non-hydrogen) atoms. The van der Waals surface area contributed by atoms with Gasteiger partial charge in [0.15, 0.2) is 0 Å². The number of carbonyl (C=O) groups is 1. The fourth-order valence-corrected chi connectivity index (χ4v) is 1.05.